The molecular weight excluding hydrogens is 232 g/mol. The smallest absolute Gasteiger partial charge is 0.326 e. The lowest BCUT2D eigenvalue weighted by Gasteiger charge is -2.20. The van der Waals surface area contributed by atoms with Crippen LogP contribution in [0, 0.1) is 0 Å². The van der Waals surface area contributed by atoms with Gasteiger partial charge in [0.05, 0.1) is 5.02 Å². The van der Waals surface area contributed by atoms with Crippen molar-refractivity contribution in [2.75, 3.05) is 7.05 Å². The third-order valence-corrected chi connectivity index (χ3v) is 2.43. The molecule has 1 aromatic rings. The Balaban J connectivity index is 2.86. The molecule has 0 aromatic carbocycles. The average Bonchev–Trinajstić information content (AvgIpc) is 2.27. The van der Waals surface area contributed by atoms with Gasteiger partial charge < -0.3 is 10.0 Å². The molecule has 86 valence electrons. The Morgan fingerprint density at radius 3 is 2.56 bits per heavy atom. The van der Waals surface area contributed by atoms with Gasteiger partial charge in [-0.25, -0.2) is 9.78 Å². The van der Waals surface area contributed by atoms with E-state index in [9.17, 15) is 9.59 Å². The molecule has 0 aliphatic carbocycles. The van der Waals surface area contributed by atoms with Crippen molar-refractivity contribution in [1.29, 1.82) is 0 Å². The Morgan fingerprint density at radius 1 is 1.50 bits per heavy atom. The van der Waals surface area contributed by atoms with Crippen LogP contribution < -0.4 is 0 Å². The molecule has 1 atom stereocenters. The SMILES string of the molecule is CC(C(=O)O)N(C)C(=O)c1ccc(Cl)cn1. The summed E-state index contributed by atoms with van der Waals surface area (Å²) in [5.74, 6) is -1.52. The number of aromatic nitrogens is 1. The first-order chi connectivity index (χ1) is 7.43. The first-order valence-electron chi connectivity index (χ1n) is 4.55. The summed E-state index contributed by atoms with van der Waals surface area (Å²) in [6.07, 6.45) is 1.34. The van der Waals surface area contributed by atoms with E-state index in [0.717, 1.165) is 4.90 Å². The lowest BCUT2D eigenvalue weighted by molar-refractivity contribution is -0.141. The maximum atomic E-state index is 11.8. The third-order valence-electron chi connectivity index (χ3n) is 2.21. The fourth-order valence-electron chi connectivity index (χ4n) is 1.02. The zero-order valence-corrected chi connectivity index (χ0v) is 9.60. The van der Waals surface area contributed by atoms with Crippen LogP contribution in [0.2, 0.25) is 5.02 Å². The molecule has 0 saturated carbocycles. The minimum Gasteiger partial charge on any atom is -0.480 e. The third kappa shape index (κ3) is 2.70. The van der Waals surface area contributed by atoms with Crippen molar-refractivity contribution in [3.05, 3.63) is 29.0 Å². The summed E-state index contributed by atoms with van der Waals surface area (Å²) >= 11 is 5.63. The monoisotopic (exact) mass is 242 g/mol. The Hall–Kier alpha value is -1.62. The van der Waals surface area contributed by atoms with Gasteiger partial charge in [-0.3, -0.25) is 4.79 Å². The molecule has 0 aliphatic heterocycles. The maximum Gasteiger partial charge on any atom is 0.326 e. The van der Waals surface area contributed by atoms with Crippen LogP contribution >= 0.6 is 11.6 Å². The number of hydrogen-bond donors (Lipinski definition) is 1. The number of carbonyl (C=O) groups excluding carboxylic acids is 1. The summed E-state index contributed by atoms with van der Waals surface area (Å²) in [7, 11) is 1.41. The molecule has 1 aromatic heterocycles. The van der Waals surface area contributed by atoms with Gasteiger partial charge in [0.15, 0.2) is 0 Å². The lowest BCUT2D eigenvalue weighted by atomic mass is 10.2. The van der Waals surface area contributed by atoms with Gasteiger partial charge in [0.2, 0.25) is 0 Å². The van der Waals surface area contributed by atoms with E-state index in [0.29, 0.717) is 5.02 Å². The van der Waals surface area contributed by atoms with Gasteiger partial charge in [0.1, 0.15) is 11.7 Å². The standard InChI is InChI=1S/C10H11ClN2O3/c1-6(10(15)16)13(2)9(14)8-4-3-7(11)5-12-8/h3-6H,1-2H3,(H,15,16). The first-order valence-corrected chi connectivity index (χ1v) is 4.93. The van der Waals surface area contributed by atoms with Crippen LogP contribution in [-0.4, -0.2) is 40.0 Å². The Labute approximate surface area is 97.7 Å². The van der Waals surface area contributed by atoms with E-state index in [1.807, 2.05) is 0 Å². The quantitative estimate of drug-likeness (QED) is 0.867. The Bertz CT molecular complexity index is 405. The molecule has 1 N–H and O–H groups in total. The van der Waals surface area contributed by atoms with E-state index in [2.05, 4.69) is 4.98 Å². The van der Waals surface area contributed by atoms with E-state index < -0.39 is 17.9 Å². The van der Waals surface area contributed by atoms with Gasteiger partial charge in [-0.15, -0.1) is 0 Å². The van der Waals surface area contributed by atoms with E-state index in [-0.39, 0.29) is 5.69 Å². The summed E-state index contributed by atoms with van der Waals surface area (Å²) in [6.45, 7) is 1.43. The largest absolute Gasteiger partial charge is 0.480 e. The van der Waals surface area contributed by atoms with Crippen LogP contribution in [0.3, 0.4) is 0 Å². The summed E-state index contributed by atoms with van der Waals surface area (Å²) in [5.41, 5.74) is 0.167. The van der Waals surface area contributed by atoms with Gasteiger partial charge in [-0.05, 0) is 19.1 Å². The molecule has 5 nitrogen and oxygen atoms in total. The molecule has 0 aliphatic rings. The van der Waals surface area contributed by atoms with Crippen molar-refractivity contribution >= 4 is 23.5 Å². The second kappa shape index (κ2) is 4.94. The summed E-state index contributed by atoms with van der Waals surface area (Å²) in [6, 6.07) is 2.08. The van der Waals surface area contributed by atoms with Crippen LogP contribution in [0.4, 0.5) is 0 Å². The highest BCUT2D eigenvalue weighted by molar-refractivity contribution is 6.30. The molecule has 16 heavy (non-hydrogen) atoms. The summed E-state index contributed by atoms with van der Waals surface area (Å²) < 4.78 is 0. The van der Waals surface area contributed by atoms with Crippen LogP contribution in [0.25, 0.3) is 0 Å². The number of halogens is 1. The highest BCUT2D eigenvalue weighted by atomic mass is 35.5. The molecule has 0 saturated heterocycles. The van der Waals surface area contributed by atoms with Crippen LogP contribution in [0.15, 0.2) is 18.3 Å². The average molecular weight is 243 g/mol. The van der Waals surface area contributed by atoms with Crippen molar-refractivity contribution in [2.24, 2.45) is 0 Å². The highest BCUT2D eigenvalue weighted by Crippen LogP contribution is 2.09. The molecule has 1 rings (SSSR count). The molecule has 1 unspecified atom stereocenters. The zero-order chi connectivity index (χ0) is 12.3. The van der Waals surface area contributed by atoms with Crippen LogP contribution in [0.5, 0.6) is 0 Å². The topological polar surface area (TPSA) is 70.5 Å². The van der Waals surface area contributed by atoms with Crippen molar-refractivity contribution in [1.82, 2.24) is 9.88 Å². The molecule has 0 radical (unpaired) electrons. The molecule has 6 heteroatoms. The number of carboxylic acids is 1. The number of pyridine rings is 1. The van der Waals surface area contributed by atoms with E-state index in [1.54, 1.807) is 0 Å². The van der Waals surface area contributed by atoms with Crippen molar-refractivity contribution in [3.8, 4) is 0 Å². The second-order valence-corrected chi connectivity index (χ2v) is 3.73. The minimum atomic E-state index is -1.06. The lowest BCUT2D eigenvalue weighted by Crippen LogP contribution is -2.40. The van der Waals surface area contributed by atoms with Gasteiger partial charge in [0, 0.05) is 13.2 Å². The normalized spacial score (nSPS) is 11.9. The number of aliphatic carboxylic acids is 1. The minimum absolute atomic E-state index is 0.167. The molecule has 0 bridgehead atoms. The van der Waals surface area contributed by atoms with Gasteiger partial charge in [-0.1, -0.05) is 11.6 Å². The van der Waals surface area contributed by atoms with Gasteiger partial charge >= 0.3 is 5.97 Å². The summed E-state index contributed by atoms with van der Waals surface area (Å²) in [4.78, 5) is 27.4. The maximum absolute atomic E-state index is 11.8. The van der Waals surface area contributed by atoms with E-state index >= 15 is 0 Å². The molecule has 0 fully saturated rings. The predicted octanol–water partition coefficient (Wildman–Crippen LogP) is 1.28. The number of likely N-dealkylation sites (N-methyl/N-ethyl adjacent to an activating group) is 1. The van der Waals surface area contributed by atoms with E-state index in [1.165, 1.54) is 32.3 Å². The second-order valence-electron chi connectivity index (χ2n) is 3.29. The van der Waals surface area contributed by atoms with Gasteiger partial charge in [0.25, 0.3) is 5.91 Å². The van der Waals surface area contributed by atoms with Gasteiger partial charge in [-0.2, -0.15) is 0 Å². The van der Waals surface area contributed by atoms with Crippen molar-refractivity contribution < 1.29 is 14.7 Å². The number of nitrogens with zero attached hydrogens (tertiary/aromatic N) is 2. The number of carbonyl (C=O) groups is 2. The first kappa shape index (κ1) is 12.4. The molecule has 1 heterocycles. The Morgan fingerprint density at radius 2 is 2.12 bits per heavy atom. The van der Waals surface area contributed by atoms with Crippen molar-refractivity contribution in [2.45, 2.75) is 13.0 Å². The zero-order valence-electron chi connectivity index (χ0n) is 8.85. The summed E-state index contributed by atoms with van der Waals surface area (Å²) in [5, 5.41) is 9.18. The number of rotatable bonds is 3. The fourth-order valence-corrected chi connectivity index (χ4v) is 1.14. The fraction of sp³-hybridized carbons (Fsp3) is 0.300. The number of carboxylic acid groups (broad SMARTS) is 1. The number of amides is 1. The predicted molar refractivity (Wildman–Crippen MR) is 58.4 cm³/mol. The van der Waals surface area contributed by atoms with Crippen LogP contribution in [0.1, 0.15) is 17.4 Å². The number of hydrogen-bond acceptors (Lipinski definition) is 3. The Kier molecular flexibility index (Phi) is 3.84. The van der Waals surface area contributed by atoms with Crippen molar-refractivity contribution in [3.63, 3.8) is 0 Å². The molecule has 0 spiro atoms. The molecule has 1 amide bonds. The van der Waals surface area contributed by atoms with E-state index in [4.69, 9.17) is 16.7 Å². The van der Waals surface area contributed by atoms with Crippen LogP contribution in [-0.2, 0) is 4.79 Å². The highest BCUT2D eigenvalue weighted by Gasteiger charge is 2.23. The molecular formula is C10H11ClN2O3.